The van der Waals surface area contributed by atoms with Gasteiger partial charge in [-0.15, -0.1) is 0 Å². The standard InChI is InChI=1S/C14H21NO2/c1-4-12(5-2)10-17-14-9-7-6-8-13(14)11(3)15-16/h6-9,12,16H,4-5,10H2,1-3H3/b15-11+. The maximum absolute atomic E-state index is 8.81. The molecule has 3 heteroatoms. The van der Waals surface area contributed by atoms with Crippen LogP contribution in [-0.4, -0.2) is 17.5 Å². The fraction of sp³-hybridized carbons (Fsp3) is 0.500. The highest BCUT2D eigenvalue weighted by atomic mass is 16.5. The van der Waals surface area contributed by atoms with Crippen molar-refractivity contribution in [2.45, 2.75) is 33.6 Å². The summed E-state index contributed by atoms with van der Waals surface area (Å²) in [6.07, 6.45) is 2.23. The SMILES string of the molecule is CCC(CC)COc1ccccc1/C(C)=N/O. The van der Waals surface area contributed by atoms with Crippen molar-refractivity contribution >= 4 is 5.71 Å². The topological polar surface area (TPSA) is 41.8 Å². The van der Waals surface area contributed by atoms with Crippen molar-refractivity contribution in [2.75, 3.05) is 6.61 Å². The molecule has 0 heterocycles. The molecule has 0 atom stereocenters. The third kappa shape index (κ3) is 3.77. The van der Waals surface area contributed by atoms with Gasteiger partial charge in [0.2, 0.25) is 0 Å². The smallest absolute Gasteiger partial charge is 0.128 e. The van der Waals surface area contributed by atoms with Gasteiger partial charge in [0.15, 0.2) is 0 Å². The van der Waals surface area contributed by atoms with Gasteiger partial charge >= 0.3 is 0 Å². The van der Waals surface area contributed by atoms with Crippen LogP contribution in [0.3, 0.4) is 0 Å². The number of hydrogen-bond donors (Lipinski definition) is 1. The third-order valence-electron chi connectivity index (χ3n) is 3.06. The van der Waals surface area contributed by atoms with Crippen LogP contribution < -0.4 is 4.74 Å². The summed E-state index contributed by atoms with van der Waals surface area (Å²) in [7, 11) is 0. The molecule has 0 aliphatic rings. The normalized spacial score (nSPS) is 11.9. The molecule has 1 aromatic rings. The fourth-order valence-electron chi connectivity index (χ4n) is 1.68. The molecule has 0 spiro atoms. The van der Waals surface area contributed by atoms with Crippen LogP contribution in [0.2, 0.25) is 0 Å². The molecule has 0 unspecified atom stereocenters. The predicted octanol–water partition coefficient (Wildman–Crippen LogP) is 3.70. The summed E-state index contributed by atoms with van der Waals surface area (Å²) >= 11 is 0. The largest absolute Gasteiger partial charge is 0.493 e. The van der Waals surface area contributed by atoms with E-state index in [0.29, 0.717) is 18.2 Å². The second-order valence-corrected chi connectivity index (χ2v) is 4.18. The molecule has 0 bridgehead atoms. The summed E-state index contributed by atoms with van der Waals surface area (Å²) in [4.78, 5) is 0. The minimum Gasteiger partial charge on any atom is -0.493 e. The molecule has 3 nitrogen and oxygen atoms in total. The lowest BCUT2D eigenvalue weighted by atomic mass is 10.1. The Labute approximate surface area is 103 Å². The molecule has 1 aromatic carbocycles. The second kappa shape index (κ2) is 6.94. The number of benzene rings is 1. The number of ether oxygens (including phenoxy) is 1. The zero-order valence-corrected chi connectivity index (χ0v) is 10.8. The van der Waals surface area contributed by atoms with Crippen molar-refractivity contribution in [1.82, 2.24) is 0 Å². The van der Waals surface area contributed by atoms with E-state index in [0.717, 1.165) is 24.2 Å². The molecule has 0 saturated heterocycles. The van der Waals surface area contributed by atoms with E-state index < -0.39 is 0 Å². The van der Waals surface area contributed by atoms with Crippen LogP contribution in [0.4, 0.5) is 0 Å². The van der Waals surface area contributed by atoms with Gasteiger partial charge < -0.3 is 9.94 Å². The summed E-state index contributed by atoms with van der Waals surface area (Å²) < 4.78 is 5.81. The second-order valence-electron chi connectivity index (χ2n) is 4.18. The van der Waals surface area contributed by atoms with Crippen molar-refractivity contribution in [1.29, 1.82) is 0 Å². The minimum atomic E-state index is 0.574. The Kier molecular flexibility index (Phi) is 5.53. The number of nitrogens with zero attached hydrogens (tertiary/aromatic N) is 1. The van der Waals surface area contributed by atoms with Gasteiger partial charge in [-0.1, -0.05) is 44.0 Å². The zero-order valence-electron chi connectivity index (χ0n) is 10.8. The van der Waals surface area contributed by atoms with Crippen molar-refractivity contribution in [3.63, 3.8) is 0 Å². The Morgan fingerprint density at radius 2 is 1.94 bits per heavy atom. The Hall–Kier alpha value is -1.51. The molecule has 0 radical (unpaired) electrons. The van der Waals surface area contributed by atoms with Crippen LogP contribution in [0.15, 0.2) is 29.4 Å². The van der Waals surface area contributed by atoms with E-state index in [1.807, 2.05) is 24.3 Å². The Balaban J connectivity index is 2.77. The van der Waals surface area contributed by atoms with E-state index >= 15 is 0 Å². The average molecular weight is 235 g/mol. The first-order valence-corrected chi connectivity index (χ1v) is 6.13. The Morgan fingerprint density at radius 1 is 1.29 bits per heavy atom. The van der Waals surface area contributed by atoms with Gasteiger partial charge in [0, 0.05) is 5.56 Å². The van der Waals surface area contributed by atoms with Crippen molar-refractivity contribution < 1.29 is 9.94 Å². The monoisotopic (exact) mass is 235 g/mol. The summed E-state index contributed by atoms with van der Waals surface area (Å²) in [5.74, 6) is 1.36. The van der Waals surface area contributed by atoms with Crippen LogP contribution in [0, 0.1) is 5.92 Å². The van der Waals surface area contributed by atoms with Crippen LogP contribution in [0.1, 0.15) is 39.2 Å². The van der Waals surface area contributed by atoms with Gasteiger partial charge in [-0.25, -0.2) is 0 Å². The van der Waals surface area contributed by atoms with Crippen LogP contribution >= 0.6 is 0 Å². The highest BCUT2D eigenvalue weighted by Gasteiger charge is 2.09. The lowest BCUT2D eigenvalue weighted by Gasteiger charge is -2.15. The van der Waals surface area contributed by atoms with E-state index in [4.69, 9.17) is 9.94 Å². The van der Waals surface area contributed by atoms with Gasteiger partial charge in [-0.05, 0) is 25.0 Å². The van der Waals surface area contributed by atoms with E-state index in [1.54, 1.807) is 6.92 Å². The fourth-order valence-corrected chi connectivity index (χ4v) is 1.68. The third-order valence-corrected chi connectivity index (χ3v) is 3.06. The van der Waals surface area contributed by atoms with Gasteiger partial charge in [-0.2, -0.15) is 0 Å². The lowest BCUT2D eigenvalue weighted by molar-refractivity contribution is 0.240. The quantitative estimate of drug-likeness (QED) is 0.464. The van der Waals surface area contributed by atoms with Crippen LogP contribution in [0.5, 0.6) is 5.75 Å². The molecule has 1 rings (SSSR count). The summed E-state index contributed by atoms with van der Waals surface area (Å²) in [6, 6.07) is 7.65. The maximum atomic E-state index is 8.81. The van der Waals surface area contributed by atoms with Crippen molar-refractivity contribution in [2.24, 2.45) is 11.1 Å². The molecule has 94 valence electrons. The summed E-state index contributed by atoms with van der Waals surface area (Å²) in [5, 5.41) is 12.0. The molecule has 0 fully saturated rings. The minimum absolute atomic E-state index is 0.574. The lowest BCUT2D eigenvalue weighted by Crippen LogP contribution is -2.11. The molecule has 0 aliphatic heterocycles. The van der Waals surface area contributed by atoms with Gasteiger partial charge in [0.1, 0.15) is 5.75 Å². The predicted molar refractivity (Wildman–Crippen MR) is 70.0 cm³/mol. The highest BCUT2D eigenvalue weighted by Crippen LogP contribution is 2.20. The van der Waals surface area contributed by atoms with Crippen molar-refractivity contribution in [3.05, 3.63) is 29.8 Å². The van der Waals surface area contributed by atoms with E-state index in [-0.39, 0.29) is 0 Å². The van der Waals surface area contributed by atoms with Gasteiger partial charge in [-0.3, -0.25) is 0 Å². The molecule has 0 saturated carbocycles. The first kappa shape index (κ1) is 13.6. The van der Waals surface area contributed by atoms with Crippen molar-refractivity contribution in [3.8, 4) is 5.75 Å². The average Bonchev–Trinajstić information content (AvgIpc) is 2.39. The molecule has 17 heavy (non-hydrogen) atoms. The Morgan fingerprint density at radius 3 is 2.53 bits per heavy atom. The van der Waals surface area contributed by atoms with E-state index in [1.165, 1.54) is 0 Å². The first-order chi connectivity index (χ1) is 8.22. The zero-order chi connectivity index (χ0) is 12.7. The molecule has 1 N–H and O–H groups in total. The molecule has 0 aromatic heterocycles. The first-order valence-electron chi connectivity index (χ1n) is 6.13. The summed E-state index contributed by atoms with van der Waals surface area (Å²) in [6.45, 7) is 6.82. The van der Waals surface area contributed by atoms with Gasteiger partial charge in [0.05, 0.1) is 12.3 Å². The summed E-state index contributed by atoms with van der Waals surface area (Å²) in [5.41, 5.74) is 1.42. The van der Waals surface area contributed by atoms with E-state index in [9.17, 15) is 0 Å². The van der Waals surface area contributed by atoms with Crippen LogP contribution in [-0.2, 0) is 0 Å². The Bertz CT molecular complexity index is 370. The molecule has 0 amide bonds. The maximum Gasteiger partial charge on any atom is 0.128 e. The number of para-hydroxylation sites is 1. The van der Waals surface area contributed by atoms with Gasteiger partial charge in [0.25, 0.3) is 0 Å². The number of hydrogen-bond acceptors (Lipinski definition) is 3. The molecule has 0 aliphatic carbocycles. The number of oxime groups is 1. The molecular formula is C14H21NO2. The molecular weight excluding hydrogens is 214 g/mol. The number of rotatable bonds is 6. The van der Waals surface area contributed by atoms with E-state index in [2.05, 4.69) is 19.0 Å². The highest BCUT2D eigenvalue weighted by molar-refractivity contribution is 6.00. The van der Waals surface area contributed by atoms with Crippen LogP contribution in [0.25, 0.3) is 0 Å².